The third-order valence-corrected chi connectivity index (χ3v) is 5.82. The van der Waals surface area contributed by atoms with Crippen LogP contribution in [0.25, 0.3) is 0 Å². The van der Waals surface area contributed by atoms with Gasteiger partial charge in [0.05, 0.1) is 37.4 Å². The van der Waals surface area contributed by atoms with Crippen LogP contribution in [-0.2, 0) is 14.8 Å². The molecule has 1 fully saturated rings. The average molecular weight is 404 g/mol. The molecule has 2 aliphatic rings. The van der Waals surface area contributed by atoms with Crippen molar-refractivity contribution in [2.45, 2.75) is 12.3 Å². The summed E-state index contributed by atoms with van der Waals surface area (Å²) >= 11 is 0. The summed E-state index contributed by atoms with van der Waals surface area (Å²) in [5.41, 5.74) is 6.69. The quantitative estimate of drug-likeness (QED) is 0.735. The summed E-state index contributed by atoms with van der Waals surface area (Å²) in [4.78, 5) is 21.5. The van der Waals surface area contributed by atoms with Crippen molar-refractivity contribution in [2.24, 2.45) is 5.73 Å². The van der Waals surface area contributed by atoms with E-state index < -0.39 is 22.2 Å². The Morgan fingerprint density at radius 2 is 2.07 bits per heavy atom. The summed E-state index contributed by atoms with van der Waals surface area (Å²) in [6.07, 6.45) is 1.75. The second kappa shape index (κ2) is 7.00. The minimum Gasteiger partial charge on any atom is -0.378 e. The first kappa shape index (κ1) is 18.6. The van der Waals surface area contributed by atoms with Gasteiger partial charge in [0.2, 0.25) is 15.8 Å². The van der Waals surface area contributed by atoms with Crippen LogP contribution in [-0.4, -0.2) is 61.5 Å². The molecule has 11 heteroatoms. The van der Waals surface area contributed by atoms with E-state index in [0.29, 0.717) is 25.4 Å². The molecule has 0 saturated carbocycles. The number of ether oxygens (including phenoxy) is 1. The minimum atomic E-state index is -3.72. The number of sulfonamides is 1. The second-order valence-corrected chi connectivity index (χ2v) is 8.47. The Morgan fingerprint density at radius 1 is 1.32 bits per heavy atom. The van der Waals surface area contributed by atoms with Gasteiger partial charge in [-0.15, -0.1) is 0 Å². The van der Waals surface area contributed by atoms with E-state index in [1.807, 2.05) is 35.2 Å². The van der Waals surface area contributed by atoms with Gasteiger partial charge < -0.3 is 15.8 Å². The van der Waals surface area contributed by atoms with E-state index in [2.05, 4.69) is 15.3 Å². The SMILES string of the molecule is CS(=O)(=O)N1c2nc(C(N)=O)ncc2NC1N1CCOC[C@H]1c1ccccc1. The number of nitrogens with two attached hydrogens (primary N) is 1. The fourth-order valence-corrected chi connectivity index (χ4v) is 4.49. The number of benzene rings is 1. The fourth-order valence-electron chi connectivity index (χ4n) is 3.50. The summed E-state index contributed by atoms with van der Waals surface area (Å²) in [5.74, 6) is -0.959. The second-order valence-electron chi connectivity index (χ2n) is 6.61. The third-order valence-electron chi connectivity index (χ3n) is 4.73. The van der Waals surface area contributed by atoms with Crippen molar-refractivity contribution >= 4 is 27.4 Å². The predicted octanol–water partition coefficient (Wildman–Crippen LogP) is 0.124. The monoisotopic (exact) mass is 404 g/mol. The number of aromatic nitrogens is 2. The Balaban J connectivity index is 1.76. The predicted molar refractivity (Wildman–Crippen MR) is 102 cm³/mol. The van der Waals surface area contributed by atoms with Crippen LogP contribution in [0.15, 0.2) is 36.5 Å². The number of nitrogens with one attached hydrogen (secondary N) is 1. The summed E-state index contributed by atoms with van der Waals surface area (Å²) in [6, 6.07) is 9.57. The van der Waals surface area contributed by atoms with Crippen LogP contribution < -0.4 is 15.4 Å². The average Bonchev–Trinajstić information content (AvgIpc) is 3.07. The number of anilines is 2. The maximum atomic E-state index is 12.6. The normalized spacial score (nSPS) is 22.5. The zero-order valence-electron chi connectivity index (χ0n) is 15.1. The van der Waals surface area contributed by atoms with Gasteiger partial charge in [-0.05, 0) is 5.56 Å². The first-order chi connectivity index (χ1) is 13.4. The van der Waals surface area contributed by atoms with Crippen LogP contribution in [0, 0.1) is 0 Å². The molecule has 3 N–H and O–H groups in total. The van der Waals surface area contributed by atoms with Gasteiger partial charge in [0.1, 0.15) is 0 Å². The summed E-state index contributed by atoms with van der Waals surface area (Å²) < 4.78 is 32.1. The van der Waals surface area contributed by atoms with Gasteiger partial charge >= 0.3 is 0 Å². The van der Waals surface area contributed by atoms with Crippen LogP contribution in [0.4, 0.5) is 11.5 Å². The number of carbonyl (C=O) groups excluding carboxylic acids is 1. The minimum absolute atomic E-state index is 0.106. The van der Waals surface area contributed by atoms with E-state index >= 15 is 0 Å². The van der Waals surface area contributed by atoms with Gasteiger partial charge in [0.25, 0.3) is 5.91 Å². The Labute approximate surface area is 162 Å². The number of nitrogens with zero attached hydrogens (tertiary/aromatic N) is 4. The highest BCUT2D eigenvalue weighted by molar-refractivity contribution is 7.92. The van der Waals surface area contributed by atoms with Crippen molar-refractivity contribution < 1.29 is 17.9 Å². The van der Waals surface area contributed by atoms with E-state index in [-0.39, 0.29) is 17.7 Å². The molecule has 0 radical (unpaired) electrons. The topological polar surface area (TPSA) is 131 Å². The van der Waals surface area contributed by atoms with E-state index in [0.717, 1.165) is 16.1 Å². The molecule has 0 aliphatic carbocycles. The number of primary amides is 1. The molecule has 28 heavy (non-hydrogen) atoms. The van der Waals surface area contributed by atoms with Gasteiger partial charge in [-0.2, -0.15) is 0 Å². The zero-order valence-corrected chi connectivity index (χ0v) is 16.0. The molecule has 0 bridgehead atoms. The van der Waals surface area contributed by atoms with Crippen LogP contribution >= 0.6 is 0 Å². The summed E-state index contributed by atoms with van der Waals surface area (Å²) in [5, 5.41) is 3.17. The van der Waals surface area contributed by atoms with Crippen LogP contribution in [0.3, 0.4) is 0 Å². The van der Waals surface area contributed by atoms with Gasteiger partial charge in [-0.1, -0.05) is 30.3 Å². The van der Waals surface area contributed by atoms with E-state index in [9.17, 15) is 13.2 Å². The molecule has 1 saturated heterocycles. The Kier molecular flexibility index (Phi) is 4.65. The van der Waals surface area contributed by atoms with Gasteiger partial charge in [0.15, 0.2) is 12.1 Å². The molecule has 0 spiro atoms. The molecule has 2 aromatic rings. The number of hydrogen-bond acceptors (Lipinski definition) is 8. The lowest BCUT2D eigenvalue weighted by atomic mass is 10.1. The molecule has 1 amide bonds. The van der Waals surface area contributed by atoms with Crippen LogP contribution in [0.5, 0.6) is 0 Å². The highest BCUT2D eigenvalue weighted by Gasteiger charge is 2.44. The van der Waals surface area contributed by atoms with E-state index in [1.165, 1.54) is 6.20 Å². The standard InChI is InChI=1S/C17H20N6O4S/c1-28(25,26)23-16-12(9-19-15(21-16)14(18)24)20-17(23)22-7-8-27-10-13(22)11-5-3-2-4-6-11/h2-6,9,13,17,20H,7-8,10H2,1H3,(H2,18,24)/t13-,17?/m0/s1. The lowest BCUT2D eigenvalue weighted by Crippen LogP contribution is -2.56. The Hall–Kier alpha value is -2.76. The fraction of sp³-hybridized carbons (Fsp3) is 0.353. The molecule has 148 valence electrons. The van der Waals surface area contributed by atoms with Crippen molar-refractivity contribution in [3.8, 4) is 0 Å². The number of hydrogen-bond donors (Lipinski definition) is 2. The van der Waals surface area contributed by atoms with Crippen molar-refractivity contribution in [2.75, 3.05) is 35.6 Å². The number of rotatable bonds is 4. The molecule has 2 atom stereocenters. The number of fused-ring (bicyclic) bond motifs is 1. The number of carbonyl (C=O) groups is 1. The largest absolute Gasteiger partial charge is 0.378 e. The van der Waals surface area contributed by atoms with Crippen molar-refractivity contribution in [3.63, 3.8) is 0 Å². The highest BCUT2D eigenvalue weighted by Crippen LogP contribution is 2.38. The lowest BCUT2D eigenvalue weighted by molar-refractivity contribution is -0.0218. The third kappa shape index (κ3) is 3.28. The van der Waals surface area contributed by atoms with Crippen molar-refractivity contribution in [1.29, 1.82) is 0 Å². The Morgan fingerprint density at radius 3 is 2.75 bits per heavy atom. The maximum Gasteiger partial charge on any atom is 0.286 e. The van der Waals surface area contributed by atoms with Gasteiger partial charge in [-0.3, -0.25) is 9.69 Å². The van der Waals surface area contributed by atoms with Crippen molar-refractivity contribution in [1.82, 2.24) is 14.9 Å². The number of morpholine rings is 1. The highest BCUT2D eigenvalue weighted by atomic mass is 32.2. The van der Waals surface area contributed by atoms with Crippen molar-refractivity contribution in [3.05, 3.63) is 47.9 Å². The maximum absolute atomic E-state index is 12.6. The smallest absolute Gasteiger partial charge is 0.286 e. The molecule has 1 unspecified atom stereocenters. The molecular formula is C17H20N6O4S. The van der Waals surface area contributed by atoms with E-state index in [4.69, 9.17) is 10.5 Å². The molecule has 2 aliphatic heterocycles. The summed E-state index contributed by atoms with van der Waals surface area (Å²) in [6.45, 7) is 1.40. The molecule has 1 aromatic carbocycles. The lowest BCUT2D eigenvalue weighted by Gasteiger charge is -2.42. The van der Waals surface area contributed by atoms with Crippen LogP contribution in [0.1, 0.15) is 22.2 Å². The molecular weight excluding hydrogens is 384 g/mol. The summed E-state index contributed by atoms with van der Waals surface area (Å²) in [7, 11) is -3.72. The first-order valence-corrected chi connectivity index (χ1v) is 10.5. The van der Waals surface area contributed by atoms with Crippen LogP contribution in [0.2, 0.25) is 0 Å². The molecule has 10 nitrogen and oxygen atoms in total. The van der Waals surface area contributed by atoms with E-state index in [1.54, 1.807) is 0 Å². The zero-order chi connectivity index (χ0) is 19.9. The van der Waals surface area contributed by atoms with Gasteiger partial charge in [0, 0.05) is 6.54 Å². The molecule has 3 heterocycles. The van der Waals surface area contributed by atoms with Gasteiger partial charge in [-0.25, -0.2) is 22.7 Å². The molecule has 1 aromatic heterocycles. The Bertz CT molecular complexity index is 1000. The first-order valence-electron chi connectivity index (χ1n) is 8.67. The number of amides is 1. The molecule has 4 rings (SSSR count).